The van der Waals surface area contributed by atoms with E-state index in [1.807, 2.05) is 24.3 Å². The number of hydrogen-bond acceptors (Lipinski definition) is 3. The molecule has 0 atom stereocenters. The molecular weight excluding hydrogens is 375 g/mol. The SMILES string of the molecule is Clc1ccc(-c2nnc(-c3ccc(CBr)cc3)o2)c(Cl)c1. The maximum absolute atomic E-state index is 6.14. The highest BCUT2D eigenvalue weighted by molar-refractivity contribution is 9.08. The second-order valence-corrected chi connectivity index (χ2v) is 5.77. The number of aromatic nitrogens is 2. The van der Waals surface area contributed by atoms with Crippen LogP contribution in [0.15, 0.2) is 46.9 Å². The number of alkyl halides is 1. The number of nitrogens with zero attached hydrogens (tertiary/aromatic N) is 2. The van der Waals surface area contributed by atoms with Crippen LogP contribution in [-0.4, -0.2) is 10.2 Å². The molecular formula is C15H9BrCl2N2O. The fraction of sp³-hybridized carbons (Fsp3) is 0.0667. The smallest absolute Gasteiger partial charge is 0.249 e. The second-order valence-electron chi connectivity index (χ2n) is 4.37. The second kappa shape index (κ2) is 6.18. The zero-order valence-electron chi connectivity index (χ0n) is 10.7. The number of halogens is 3. The van der Waals surface area contributed by atoms with Crippen LogP contribution in [0.4, 0.5) is 0 Å². The molecule has 0 saturated carbocycles. The molecule has 0 aliphatic carbocycles. The maximum Gasteiger partial charge on any atom is 0.249 e. The third-order valence-electron chi connectivity index (χ3n) is 2.94. The molecule has 0 spiro atoms. The van der Waals surface area contributed by atoms with Crippen LogP contribution in [0.5, 0.6) is 0 Å². The van der Waals surface area contributed by atoms with Crippen LogP contribution in [0, 0.1) is 0 Å². The van der Waals surface area contributed by atoms with Gasteiger partial charge in [-0.2, -0.15) is 0 Å². The monoisotopic (exact) mass is 382 g/mol. The van der Waals surface area contributed by atoms with Crippen LogP contribution in [0.1, 0.15) is 5.56 Å². The van der Waals surface area contributed by atoms with E-state index in [1.165, 1.54) is 5.56 Å². The zero-order chi connectivity index (χ0) is 14.8. The first kappa shape index (κ1) is 14.6. The molecule has 3 aromatic rings. The lowest BCUT2D eigenvalue weighted by molar-refractivity contribution is 0.584. The van der Waals surface area contributed by atoms with E-state index in [4.69, 9.17) is 27.6 Å². The van der Waals surface area contributed by atoms with Gasteiger partial charge in [-0.25, -0.2) is 0 Å². The highest BCUT2D eigenvalue weighted by atomic mass is 79.9. The molecule has 0 amide bonds. The van der Waals surface area contributed by atoms with Crippen molar-refractivity contribution in [1.82, 2.24) is 10.2 Å². The summed E-state index contributed by atoms with van der Waals surface area (Å²) < 4.78 is 5.69. The first-order chi connectivity index (χ1) is 10.2. The predicted octanol–water partition coefficient (Wildman–Crippen LogP) is 5.61. The molecule has 1 aromatic heterocycles. The van der Waals surface area contributed by atoms with E-state index < -0.39 is 0 Å². The Hall–Kier alpha value is -1.36. The van der Waals surface area contributed by atoms with Gasteiger partial charge in [0, 0.05) is 15.9 Å². The van der Waals surface area contributed by atoms with Crippen molar-refractivity contribution in [3.8, 4) is 22.9 Å². The Kier molecular flexibility index (Phi) is 4.29. The van der Waals surface area contributed by atoms with Gasteiger partial charge in [-0.3, -0.25) is 0 Å². The minimum Gasteiger partial charge on any atom is -0.416 e. The molecule has 0 fully saturated rings. The number of hydrogen-bond donors (Lipinski definition) is 0. The van der Waals surface area contributed by atoms with Gasteiger partial charge >= 0.3 is 0 Å². The van der Waals surface area contributed by atoms with Crippen LogP contribution in [0.2, 0.25) is 10.0 Å². The Labute approximate surface area is 140 Å². The number of benzene rings is 2. The van der Waals surface area contributed by atoms with Crippen LogP contribution >= 0.6 is 39.1 Å². The van der Waals surface area contributed by atoms with Crippen molar-refractivity contribution in [2.45, 2.75) is 5.33 Å². The molecule has 0 bridgehead atoms. The summed E-state index contributed by atoms with van der Waals surface area (Å²) in [4.78, 5) is 0. The summed E-state index contributed by atoms with van der Waals surface area (Å²) in [6, 6.07) is 13.0. The van der Waals surface area contributed by atoms with Gasteiger partial charge in [0.2, 0.25) is 11.8 Å². The Balaban J connectivity index is 1.95. The Morgan fingerprint density at radius 3 is 2.33 bits per heavy atom. The average molecular weight is 384 g/mol. The highest BCUT2D eigenvalue weighted by Crippen LogP contribution is 2.31. The van der Waals surface area contributed by atoms with Gasteiger partial charge in [0.25, 0.3) is 0 Å². The molecule has 0 radical (unpaired) electrons. The van der Waals surface area contributed by atoms with Crippen LogP contribution < -0.4 is 0 Å². The fourth-order valence-electron chi connectivity index (χ4n) is 1.85. The van der Waals surface area contributed by atoms with Crippen molar-refractivity contribution in [2.24, 2.45) is 0 Å². The van der Waals surface area contributed by atoms with Gasteiger partial charge in [-0.05, 0) is 35.9 Å². The molecule has 2 aromatic carbocycles. The standard InChI is InChI=1S/C15H9BrCl2N2O/c16-8-9-1-3-10(4-2-9)14-19-20-15(21-14)12-6-5-11(17)7-13(12)18/h1-7H,8H2. The fourth-order valence-corrected chi connectivity index (χ4v) is 2.71. The van der Waals surface area contributed by atoms with E-state index in [0.717, 1.165) is 10.9 Å². The summed E-state index contributed by atoms with van der Waals surface area (Å²) in [6.45, 7) is 0. The van der Waals surface area contributed by atoms with Crippen molar-refractivity contribution >= 4 is 39.1 Å². The minimum absolute atomic E-state index is 0.372. The first-order valence-electron chi connectivity index (χ1n) is 6.11. The Bertz CT molecular complexity index is 772. The van der Waals surface area contributed by atoms with Crippen molar-refractivity contribution < 1.29 is 4.42 Å². The van der Waals surface area contributed by atoms with Gasteiger partial charge in [0.15, 0.2) is 0 Å². The molecule has 3 rings (SSSR count). The summed E-state index contributed by atoms with van der Waals surface area (Å²) >= 11 is 15.4. The van der Waals surface area contributed by atoms with Crippen molar-refractivity contribution in [2.75, 3.05) is 0 Å². The van der Waals surface area contributed by atoms with Gasteiger partial charge in [0.1, 0.15) is 0 Å². The van der Waals surface area contributed by atoms with E-state index in [2.05, 4.69) is 26.1 Å². The van der Waals surface area contributed by atoms with Crippen LogP contribution in [0.25, 0.3) is 22.9 Å². The number of rotatable bonds is 3. The molecule has 0 N–H and O–H groups in total. The molecule has 3 nitrogen and oxygen atoms in total. The van der Waals surface area contributed by atoms with Crippen LogP contribution in [-0.2, 0) is 5.33 Å². The van der Waals surface area contributed by atoms with E-state index in [-0.39, 0.29) is 0 Å². The summed E-state index contributed by atoms with van der Waals surface area (Å²) in [5, 5.41) is 9.96. The first-order valence-corrected chi connectivity index (χ1v) is 7.99. The molecule has 106 valence electrons. The molecule has 0 saturated heterocycles. The Morgan fingerprint density at radius 1 is 0.952 bits per heavy atom. The van der Waals surface area contributed by atoms with Crippen molar-refractivity contribution in [3.05, 3.63) is 58.1 Å². The summed E-state index contributed by atoms with van der Waals surface area (Å²) in [6.07, 6.45) is 0. The third-order valence-corrected chi connectivity index (χ3v) is 4.14. The lowest BCUT2D eigenvalue weighted by atomic mass is 10.1. The van der Waals surface area contributed by atoms with Crippen molar-refractivity contribution in [1.29, 1.82) is 0 Å². The summed E-state index contributed by atoms with van der Waals surface area (Å²) in [5.41, 5.74) is 2.71. The van der Waals surface area contributed by atoms with Crippen molar-refractivity contribution in [3.63, 3.8) is 0 Å². The Morgan fingerprint density at radius 2 is 1.67 bits per heavy atom. The lowest BCUT2D eigenvalue weighted by Crippen LogP contribution is -1.80. The van der Waals surface area contributed by atoms with Gasteiger partial charge in [-0.1, -0.05) is 51.3 Å². The lowest BCUT2D eigenvalue weighted by Gasteiger charge is -1.99. The molecule has 21 heavy (non-hydrogen) atoms. The molecule has 0 aliphatic heterocycles. The molecule has 6 heteroatoms. The van der Waals surface area contributed by atoms with E-state index >= 15 is 0 Å². The van der Waals surface area contributed by atoms with Gasteiger partial charge in [-0.15, -0.1) is 10.2 Å². The van der Waals surface area contributed by atoms with E-state index in [9.17, 15) is 0 Å². The van der Waals surface area contributed by atoms with E-state index in [1.54, 1.807) is 18.2 Å². The zero-order valence-corrected chi connectivity index (χ0v) is 13.8. The normalized spacial score (nSPS) is 10.8. The quantitative estimate of drug-likeness (QED) is 0.552. The summed E-state index contributed by atoms with van der Waals surface area (Å²) in [7, 11) is 0. The third kappa shape index (κ3) is 3.12. The molecule has 0 unspecified atom stereocenters. The minimum atomic E-state index is 0.372. The maximum atomic E-state index is 6.14. The highest BCUT2D eigenvalue weighted by Gasteiger charge is 2.13. The molecule has 1 heterocycles. The molecule has 0 aliphatic rings. The van der Waals surface area contributed by atoms with Crippen LogP contribution in [0.3, 0.4) is 0 Å². The van der Waals surface area contributed by atoms with Gasteiger partial charge < -0.3 is 4.42 Å². The van der Waals surface area contributed by atoms with Gasteiger partial charge in [0.05, 0.1) is 10.6 Å². The largest absolute Gasteiger partial charge is 0.416 e. The summed E-state index contributed by atoms with van der Waals surface area (Å²) in [5.74, 6) is 0.827. The average Bonchev–Trinajstić information content (AvgIpc) is 2.97. The van der Waals surface area contributed by atoms with E-state index in [0.29, 0.717) is 27.4 Å². The topological polar surface area (TPSA) is 38.9 Å². The predicted molar refractivity (Wildman–Crippen MR) is 87.8 cm³/mol.